The summed E-state index contributed by atoms with van der Waals surface area (Å²) in [6.07, 6.45) is -4.56. The molecule has 1 fully saturated rings. The molecule has 20 heavy (non-hydrogen) atoms. The molecular weight excluding hydrogens is 275 g/mol. The SMILES string of the molecule is CCNc1cccc(NC2(C(F)(F)F)CC2)c1[N+](=O)[O-]. The normalized spacial score (nSPS) is 16.6. The van der Waals surface area contributed by atoms with Crippen LogP contribution in [0.2, 0.25) is 0 Å². The molecule has 1 saturated carbocycles. The van der Waals surface area contributed by atoms with Gasteiger partial charge < -0.3 is 10.6 Å². The second-order valence-corrected chi connectivity index (χ2v) is 4.69. The van der Waals surface area contributed by atoms with Crippen LogP contribution in [0.1, 0.15) is 19.8 Å². The lowest BCUT2D eigenvalue weighted by Crippen LogP contribution is -2.38. The highest BCUT2D eigenvalue weighted by Crippen LogP contribution is 2.52. The molecule has 0 amide bonds. The van der Waals surface area contributed by atoms with Crippen LogP contribution in [-0.2, 0) is 0 Å². The highest BCUT2D eigenvalue weighted by atomic mass is 19.4. The molecule has 8 heteroatoms. The second-order valence-electron chi connectivity index (χ2n) is 4.69. The average Bonchev–Trinajstić information content (AvgIpc) is 3.09. The van der Waals surface area contributed by atoms with Gasteiger partial charge in [-0.1, -0.05) is 6.07 Å². The smallest absolute Gasteiger partial charge is 0.380 e. The third-order valence-electron chi connectivity index (χ3n) is 3.25. The number of nitrogens with one attached hydrogen (secondary N) is 2. The van der Waals surface area contributed by atoms with Crippen LogP contribution in [0.4, 0.5) is 30.2 Å². The lowest BCUT2D eigenvalue weighted by Gasteiger charge is -2.22. The third-order valence-corrected chi connectivity index (χ3v) is 3.25. The number of anilines is 2. The van der Waals surface area contributed by atoms with Gasteiger partial charge >= 0.3 is 11.9 Å². The van der Waals surface area contributed by atoms with Gasteiger partial charge in [0.15, 0.2) is 0 Å². The largest absolute Gasteiger partial charge is 0.411 e. The molecule has 2 N–H and O–H groups in total. The summed E-state index contributed by atoms with van der Waals surface area (Å²) in [5.41, 5.74) is -2.28. The fraction of sp³-hybridized carbons (Fsp3) is 0.500. The number of hydrogen-bond donors (Lipinski definition) is 2. The quantitative estimate of drug-likeness (QED) is 0.642. The fourth-order valence-electron chi connectivity index (χ4n) is 2.04. The molecule has 110 valence electrons. The minimum atomic E-state index is -4.42. The van der Waals surface area contributed by atoms with Crippen molar-refractivity contribution in [2.24, 2.45) is 0 Å². The van der Waals surface area contributed by atoms with Gasteiger partial charge in [-0.3, -0.25) is 10.1 Å². The number of halogens is 3. The summed E-state index contributed by atoms with van der Waals surface area (Å²) < 4.78 is 38.7. The van der Waals surface area contributed by atoms with Crippen molar-refractivity contribution in [1.29, 1.82) is 0 Å². The number of nitro benzene ring substituents is 1. The molecule has 1 aliphatic rings. The van der Waals surface area contributed by atoms with E-state index >= 15 is 0 Å². The Hall–Kier alpha value is -1.99. The number of nitro groups is 1. The van der Waals surface area contributed by atoms with E-state index in [2.05, 4.69) is 10.6 Å². The topological polar surface area (TPSA) is 67.2 Å². The fourth-order valence-corrected chi connectivity index (χ4v) is 2.04. The monoisotopic (exact) mass is 289 g/mol. The zero-order chi connectivity index (χ0) is 15.0. The average molecular weight is 289 g/mol. The summed E-state index contributed by atoms with van der Waals surface area (Å²) in [4.78, 5) is 10.4. The summed E-state index contributed by atoms with van der Waals surface area (Å²) >= 11 is 0. The van der Waals surface area contributed by atoms with Gasteiger partial charge in [-0.25, -0.2) is 0 Å². The number of para-hydroxylation sites is 1. The van der Waals surface area contributed by atoms with Crippen molar-refractivity contribution in [1.82, 2.24) is 0 Å². The van der Waals surface area contributed by atoms with Crippen LogP contribution in [-0.4, -0.2) is 23.2 Å². The first-order valence-corrected chi connectivity index (χ1v) is 6.17. The van der Waals surface area contributed by atoms with Gasteiger partial charge in [-0.15, -0.1) is 0 Å². The van der Waals surface area contributed by atoms with E-state index in [1.165, 1.54) is 18.2 Å². The van der Waals surface area contributed by atoms with Crippen LogP contribution in [0.25, 0.3) is 0 Å². The van der Waals surface area contributed by atoms with Crippen molar-refractivity contribution in [3.63, 3.8) is 0 Å². The summed E-state index contributed by atoms with van der Waals surface area (Å²) in [6.45, 7) is 2.19. The van der Waals surface area contributed by atoms with Crippen molar-refractivity contribution < 1.29 is 18.1 Å². The first-order chi connectivity index (χ1) is 9.31. The lowest BCUT2D eigenvalue weighted by molar-refractivity contribution is -0.383. The molecule has 5 nitrogen and oxygen atoms in total. The molecule has 0 saturated heterocycles. The van der Waals surface area contributed by atoms with E-state index in [-0.39, 0.29) is 29.9 Å². The minimum absolute atomic E-state index is 0.0703. The zero-order valence-electron chi connectivity index (χ0n) is 10.8. The summed E-state index contributed by atoms with van der Waals surface area (Å²) in [6, 6.07) is 4.25. The zero-order valence-corrected chi connectivity index (χ0v) is 10.8. The molecule has 0 aromatic heterocycles. The number of alkyl halides is 3. The number of nitrogens with zero attached hydrogens (tertiary/aromatic N) is 1. The second kappa shape index (κ2) is 4.84. The van der Waals surface area contributed by atoms with Gasteiger partial charge in [0.2, 0.25) is 0 Å². The van der Waals surface area contributed by atoms with Gasteiger partial charge in [0, 0.05) is 6.54 Å². The first kappa shape index (κ1) is 14.4. The number of benzene rings is 1. The van der Waals surface area contributed by atoms with Gasteiger partial charge in [-0.05, 0) is 31.9 Å². The standard InChI is InChI=1S/C12H14F3N3O2/c1-2-16-8-4-3-5-9(10(8)18(19)20)17-11(6-7-11)12(13,14)15/h3-5,16-17H,2,6-7H2,1H3. The molecule has 0 spiro atoms. The van der Waals surface area contributed by atoms with Crippen molar-refractivity contribution in [3.05, 3.63) is 28.3 Å². The van der Waals surface area contributed by atoms with E-state index in [4.69, 9.17) is 0 Å². The Morgan fingerprint density at radius 1 is 1.35 bits per heavy atom. The van der Waals surface area contributed by atoms with E-state index < -0.39 is 16.6 Å². The maximum absolute atomic E-state index is 12.9. The third kappa shape index (κ3) is 2.50. The molecule has 0 heterocycles. The molecule has 1 aromatic carbocycles. The van der Waals surface area contributed by atoms with Gasteiger partial charge in [0.1, 0.15) is 16.9 Å². The van der Waals surface area contributed by atoms with Gasteiger partial charge in [0.25, 0.3) is 0 Å². The summed E-state index contributed by atoms with van der Waals surface area (Å²) in [5, 5.41) is 16.2. The van der Waals surface area contributed by atoms with Crippen LogP contribution >= 0.6 is 0 Å². The van der Waals surface area contributed by atoms with E-state index in [0.717, 1.165) is 0 Å². The van der Waals surface area contributed by atoms with Crippen molar-refractivity contribution in [3.8, 4) is 0 Å². The van der Waals surface area contributed by atoms with Gasteiger partial charge in [0.05, 0.1) is 4.92 Å². The maximum Gasteiger partial charge on any atom is 0.411 e. The highest BCUT2D eigenvalue weighted by Gasteiger charge is 2.64. The minimum Gasteiger partial charge on any atom is -0.380 e. The number of hydrogen-bond acceptors (Lipinski definition) is 4. The molecule has 1 aromatic rings. The molecule has 0 unspecified atom stereocenters. The summed E-state index contributed by atoms with van der Waals surface area (Å²) in [7, 11) is 0. The Bertz CT molecular complexity index is 527. The van der Waals surface area contributed by atoms with E-state index in [1.54, 1.807) is 6.92 Å². The van der Waals surface area contributed by atoms with Crippen LogP contribution < -0.4 is 10.6 Å². The van der Waals surface area contributed by atoms with E-state index in [9.17, 15) is 23.3 Å². The predicted octanol–water partition coefficient (Wildman–Crippen LogP) is 3.53. The van der Waals surface area contributed by atoms with Crippen molar-refractivity contribution in [2.75, 3.05) is 17.2 Å². The predicted molar refractivity (Wildman–Crippen MR) is 68.9 cm³/mol. The van der Waals surface area contributed by atoms with E-state index in [1.807, 2.05) is 0 Å². The molecule has 2 rings (SSSR count). The molecule has 0 atom stereocenters. The molecule has 0 aliphatic heterocycles. The lowest BCUT2D eigenvalue weighted by atomic mass is 10.2. The Morgan fingerprint density at radius 3 is 2.40 bits per heavy atom. The highest BCUT2D eigenvalue weighted by molar-refractivity contribution is 5.77. The van der Waals surface area contributed by atoms with Gasteiger partial charge in [-0.2, -0.15) is 13.2 Å². The van der Waals surface area contributed by atoms with Crippen LogP contribution in [0.5, 0.6) is 0 Å². The molecule has 1 aliphatic carbocycles. The molecule has 0 radical (unpaired) electrons. The Kier molecular flexibility index (Phi) is 3.49. The van der Waals surface area contributed by atoms with E-state index in [0.29, 0.717) is 6.54 Å². The van der Waals surface area contributed by atoms with Crippen LogP contribution in [0.15, 0.2) is 18.2 Å². The number of rotatable bonds is 5. The molecular formula is C12H14F3N3O2. The Morgan fingerprint density at radius 2 is 1.95 bits per heavy atom. The van der Waals surface area contributed by atoms with Crippen molar-refractivity contribution in [2.45, 2.75) is 31.5 Å². The van der Waals surface area contributed by atoms with Crippen LogP contribution in [0.3, 0.4) is 0 Å². The molecule has 0 bridgehead atoms. The maximum atomic E-state index is 12.9. The van der Waals surface area contributed by atoms with Crippen molar-refractivity contribution >= 4 is 17.1 Å². The first-order valence-electron chi connectivity index (χ1n) is 6.17. The Balaban J connectivity index is 2.37. The summed E-state index contributed by atoms with van der Waals surface area (Å²) in [5.74, 6) is 0. The van der Waals surface area contributed by atoms with Crippen LogP contribution in [0, 0.1) is 10.1 Å². The Labute approximate surface area is 113 Å².